The van der Waals surface area contributed by atoms with Crippen molar-refractivity contribution in [2.75, 3.05) is 5.32 Å². The van der Waals surface area contributed by atoms with E-state index < -0.39 is 5.82 Å². The Bertz CT molecular complexity index is 1810. The zero-order valence-corrected chi connectivity index (χ0v) is 21.0. The van der Waals surface area contributed by atoms with E-state index in [-0.39, 0.29) is 16.6 Å². The van der Waals surface area contributed by atoms with Crippen molar-refractivity contribution >= 4 is 45.0 Å². The van der Waals surface area contributed by atoms with Crippen molar-refractivity contribution in [2.24, 2.45) is 0 Å². The molecule has 0 bridgehead atoms. The van der Waals surface area contributed by atoms with Crippen LogP contribution in [0.4, 0.5) is 14.5 Å². The highest BCUT2D eigenvalue weighted by atomic mass is 32.1. The number of aromatic nitrogens is 6. The van der Waals surface area contributed by atoms with E-state index in [1.807, 2.05) is 6.92 Å². The van der Waals surface area contributed by atoms with Crippen LogP contribution in [0.3, 0.4) is 0 Å². The number of aromatic amines is 2. The molecule has 5 aromatic heterocycles. The average molecular weight is 530 g/mol. The normalized spacial score (nSPS) is 11.4. The minimum Gasteiger partial charge on any atom is -0.335 e. The van der Waals surface area contributed by atoms with Gasteiger partial charge >= 0.3 is 0 Å². The summed E-state index contributed by atoms with van der Waals surface area (Å²) in [5, 5.41) is 10.1. The first-order valence-corrected chi connectivity index (χ1v) is 12.9. The SMILES string of the molecule is CCCCC(=O)Nc1cncc(-c2cc(F)c3n[nH]c(-c4nc5nccc(-c6ccc(F)s6)c5[nH]4)c3c2)c1. The lowest BCUT2D eigenvalue weighted by atomic mass is 10.0. The van der Waals surface area contributed by atoms with Crippen molar-refractivity contribution in [3.8, 4) is 33.1 Å². The van der Waals surface area contributed by atoms with Crippen molar-refractivity contribution in [1.29, 1.82) is 0 Å². The summed E-state index contributed by atoms with van der Waals surface area (Å²) < 4.78 is 28.8. The monoisotopic (exact) mass is 529 g/mol. The number of amides is 1. The van der Waals surface area contributed by atoms with Crippen LogP contribution in [0.25, 0.3) is 55.2 Å². The second-order valence-corrected chi connectivity index (χ2v) is 9.85. The van der Waals surface area contributed by atoms with Crippen LogP contribution < -0.4 is 5.32 Å². The molecule has 0 aliphatic carbocycles. The van der Waals surface area contributed by atoms with E-state index in [9.17, 15) is 9.18 Å². The molecule has 0 aliphatic heterocycles. The number of nitrogens with one attached hydrogen (secondary N) is 3. The maximum Gasteiger partial charge on any atom is 0.224 e. The Kier molecular flexibility index (Phi) is 6.12. The highest BCUT2D eigenvalue weighted by Crippen LogP contribution is 2.35. The molecule has 190 valence electrons. The topological polar surface area (TPSA) is 112 Å². The number of pyridine rings is 2. The molecule has 0 radical (unpaired) electrons. The lowest BCUT2D eigenvalue weighted by Gasteiger charge is -2.08. The maximum absolute atomic E-state index is 15.2. The molecule has 3 N–H and O–H groups in total. The molecule has 38 heavy (non-hydrogen) atoms. The van der Waals surface area contributed by atoms with E-state index in [1.54, 1.807) is 42.9 Å². The Hall–Kier alpha value is -4.51. The van der Waals surface area contributed by atoms with E-state index in [4.69, 9.17) is 0 Å². The molecule has 1 aromatic carbocycles. The highest BCUT2D eigenvalue weighted by Gasteiger charge is 2.19. The number of benzene rings is 1. The predicted octanol–water partition coefficient (Wildman–Crippen LogP) is 6.70. The maximum atomic E-state index is 15.2. The number of carbonyl (C=O) groups is 1. The molecule has 0 aliphatic rings. The van der Waals surface area contributed by atoms with Gasteiger partial charge in [-0.2, -0.15) is 9.49 Å². The van der Waals surface area contributed by atoms with Gasteiger partial charge in [0.05, 0.1) is 17.4 Å². The van der Waals surface area contributed by atoms with E-state index in [0.29, 0.717) is 51.3 Å². The Morgan fingerprint density at radius 1 is 1.11 bits per heavy atom. The molecular formula is C27H21F2N7OS. The van der Waals surface area contributed by atoms with E-state index in [2.05, 4.69) is 35.5 Å². The molecule has 0 saturated carbocycles. The van der Waals surface area contributed by atoms with Crippen LogP contribution in [0.15, 0.2) is 55.0 Å². The molecule has 1 amide bonds. The Morgan fingerprint density at radius 2 is 2.00 bits per heavy atom. The van der Waals surface area contributed by atoms with Crippen molar-refractivity contribution in [3.63, 3.8) is 0 Å². The number of hydrogen-bond donors (Lipinski definition) is 3. The minimum absolute atomic E-state index is 0.0901. The van der Waals surface area contributed by atoms with Crippen LogP contribution in [0, 0.1) is 10.9 Å². The van der Waals surface area contributed by atoms with Crippen LogP contribution in [0.5, 0.6) is 0 Å². The van der Waals surface area contributed by atoms with Crippen molar-refractivity contribution in [3.05, 3.63) is 65.9 Å². The van der Waals surface area contributed by atoms with E-state index >= 15 is 4.39 Å². The first kappa shape index (κ1) is 23.9. The second kappa shape index (κ2) is 9.75. The lowest BCUT2D eigenvalue weighted by molar-refractivity contribution is -0.116. The minimum atomic E-state index is -0.513. The molecule has 6 rings (SSSR count). The number of thiophene rings is 1. The largest absolute Gasteiger partial charge is 0.335 e. The first-order chi connectivity index (χ1) is 18.5. The summed E-state index contributed by atoms with van der Waals surface area (Å²) in [7, 11) is 0. The summed E-state index contributed by atoms with van der Waals surface area (Å²) >= 11 is 1.03. The van der Waals surface area contributed by atoms with Gasteiger partial charge in [-0.15, -0.1) is 11.3 Å². The standard InChI is InChI=1S/C27H21F2N7OS/c1-2-3-4-22(37)32-16-9-15(12-30-13-16)14-10-18-23(19(28)11-14)35-36-25(18)27-33-24-17(7-8-31-26(24)34-27)20-5-6-21(29)38-20/h5-13H,2-4H2,1H3,(H,32,37)(H,35,36)(H,31,33,34). The molecule has 0 fully saturated rings. The third-order valence-electron chi connectivity index (χ3n) is 6.19. The molecule has 0 spiro atoms. The summed E-state index contributed by atoms with van der Waals surface area (Å²) in [5.74, 6) is -0.180. The van der Waals surface area contributed by atoms with Crippen LogP contribution in [-0.2, 0) is 4.79 Å². The van der Waals surface area contributed by atoms with Crippen molar-refractivity contribution < 1.29 is 13.6 Å². The Balaban J connectivity index is 1.40. The number of rotatable bonds is 7. The number of imidazole rings is 1. The summed E-state index contributed by atoms with van der Waals surface area (Å²) in [5.41, 5.74) is 4.24. The molecule has 11 heteroatoms. The molecule has 0 saturated heterocycles. The fourth-order valence-corrected chi connectivity index (χ4v) is 5.11. The number of hydrogen-bond acceptors (Lipinski definition) is 6. The average Bonchev–Trinajstić information content (AvgIpc) is 3.65. The van der Waals surface area contributed by atoms with Gasteiger partial charge in [0.25, 0.3) is 0 Å². The Labute approximate surface area is 219 Å². The van der Waals surface area contributed by atoms with Gasteiger partial charge in [0, 0.05) is 40.2 Å². The van der Waals surface area contributed by atoms with Crippen LogP contribution >= 0.6 is 11.3 Å². The summed E-state index contributed by atoms with van der Waals surface area (Å²) in [6.45, 7) is 2.02. The molecular weight excluding hydrogens is 508 g/mol. The van der Waals surface area contributed by atoms with Gasteiger partial charge in [-0.1, -0.05) is 13.3 Å². The number of carbonyl (C=O) groups excluding carboxylic acids is 1. The Morgan fingerprint density at radius 3 is 2.82 bits per heavy atom. The van der Waals surface area contributed by atoms with Gasteiger partial charge in [0.2, 0.25) is 5.91 Å². The molecule has 6 aromatic rings. The first-order valence-electron chi connectivity index (χ1n) is 12.0. The van der Waals surface area contributed by atoms with Gasteiger partial charge in [-0.05, 0) is 48.4 Å². The van der Waals surface area contributed by atoms with Gasteiger partial charge in [-0.25, -0.2) is 14.4 Å². The number of nitrogens with zero attached hydrogens (tertiary/aromatic N) is 4. The van der Waals surface area contributed by atoms with Gasteiger partial charge in [-0.3, -0.25) is 14.9 Å². The number of H-pyrrole nitrogens is 2. The van der Waals surface area contributed by atoms with Crippen LogP contribution in [0.2, 0.25) is 0 Å². The van der Waals surface area contributed by atoms with Crippen LogP contribution in [-0.4, -0.2) is 36.0 Å². The smallest absolute Gasteiger partial charge is 0.224 e. The highest BCUT2D eigenvalue weighted by molar-refractivity contribution is 7.14. The third kappa shape index (κ3) is 4.41. The fraction of sp³-hybridized carbons (Fsp3) is 0.148. The number of halogens is 2. The zero-order chi connectivity index (χ0) is 26.2. The number of anilines is 1. The quantitative estimate of drug-likeness (QED) is 0.213. The second-order valence-electron chi connectivity index (χ2n) is 8.81. The molecule has 8 nitrogen and oxygen atoms in total. The van der Waals surface area contributed by atoms with Gasteiger partial charge in [0.1, 0.15) is 11.2 Å². The zero-order valence-electron chi connectivity index (χ0n) is 20.2. The summed E-state index contributed by atoms with van der Waals surface area (Å²) in [6.07, 6.45) is 6.93. The summed E-state index contributed by atoms with van der Waals surface area (Å²) in [6, 6.07) is 9.85. The van der Waals surface area contributed by atoms with Crippen LogP contribution in [0.1, 0.15) is 26.2 Å². The number of fused-ring (bicyclic) bond motifs is 2. The van der Waals surface area contributed by atoms with E-state index in [0.717, 1.165) is 34.6 Å². The number of unbranched alkanes of at least 4 members (excludes halogenated alkanes) is 1. The molecule has 5 heterocycles. The molecule has 0 unspecified atom stereocenters. The molecule has 0 atom stereocenters. The van der Waals surface area contributed by atoms with Gasteiger partial charge in [0.15, 0.2) is 22.4 Å². The van der Waals surface area contributed by atoms with Crippen molar-refractivity contribution in [1.82, 2.24) is 30.1 Å². The van der Waals surface area contributed by atoms with Gasteiger partial charge < -0.3 is 10.3 Å². The van der Waals surface area contributed by atoms with E-state index in [1.165, 1.54) is 12.1 Å². The summed E-state index contributed by atoms with van der Waals surface area (Å²) in [4.78, 5) is 29.3. The lowest BCUT2D eigenvalue weighted by Crippen LogP contribution is -2.11. The third-order valence-corrected chi connectivity index (χ3v) is 7.10. The van der Waals surface area contributed by atoms with Crippen molar-refractivity contribution in [2.45, 2.75) is 26.2 Å². The fourth-order valence-electron chi connectivity index (χ4n) is 4.34. The predicted molar refractivity (Wildman–Crippen MR) is 144 cm³/mol.